The van der Waals surface area contributed by atoms with Crippen LogP contribution in [-0.2, 0) is 11.3 Å². The number of carbonyl (C=O) groups excluding carboxylic acids is 2. The topological polar surface area (TPSA) is 108 Å². The van der Waals surface area contributed by atoms with Gasteiger partial charge in [0.2, 0.25) is 5.78 Å². The number of nitrogens with zero attached hydrogens (tertiary/aromatic N) is 3. The Morgan fingerprint density at radius 1 is 1.17 bits per heavy atom. The SMILES string of the molecule is Cc1cc(C(=O)COC(=O)c2ccc(N3CCC(C)CC3)c([N+](=O)[O-])c2)c(C)n1Cc1ccco1. The molecule has 35 heavy (non-hydrogen) atoms. The third kappa shape index (κ3) is 5.29. The number of rotatable bonds is 8. The lowest BCUT2D eigenvalue weighted by atomic mass is 9.98. The largest absolute Gasteiger partial charge is 0.467 e. The molecule has 0 amide bonds. The van der Waals surface area contributed by atoms with E-state index in [4.69, 9.17) is 9.15 Å². The molecule has 0 saturated carbocycles. The predicted molar refractivity (Wildman–Crippen MR) is 130 cm³/mol. The van der Waals surface area contributed by atoms with E-state index in [9.17, 15) is 19.7 Å². The third-order valence-corrected chi connectivity index (χ3v) is 6.63. The summed E-state index contributed by atoms with van der Waals surface area (Å²) in [6, 6.07) is 9.76. The van der Waals surface area contributed by atoms with Crippen LogP contribution in [0, 0.1) is 29.9 Å². The molecule has 0 aliphatic carbocycles. The van der Waals surface area contributed by atoms with Gasteiger partial charge in [0.15, 0.2) is 6.61 Å². The maximum atomic E-state index is 12.8. The van der Waals surface area contributed by atoms with Gasteiger partial charge in [0.05, 0.1) is 23.3 Å². The zero-order valence-electron chi connectivity index (χ0n) is 20.2. The van der Waals surface area contributed by atoms with E-state index < -0.39 is 17.5 Å². The summed E-state index contributed by atoms with van der Waals surface area (Å²) in [5.74, 6) is 0.239. The molecule has 9 nitrogen and oxygen atoms in total. The van der Waals surface area contributed by atoms with Crippen molar-refractivity contribution in [3.05, 3.63) is 81.1 Å². The number of aryl methyl sites for hydroxylation is 1. The van der Waals surface area contributed by atoms with E-state index in [-0.39, 0.29) is 17.0 Å². The molecule has 3 heterocycles. The van der Waals surface area contributed by atoms with E-state index in [1.54, 1.807) is 24.5 Å². The van der Waals surface area contributed by atoms with Crippen molar-refractivity contribution in [1.29, 1.82) is 0 Å². The summed E-state index contributed by atoms with van der Waals surface area (Å²) in [6.07, 6.45) is 3.52. The number of piperidine rings is 1. The van der Waals surface area contributed by atoms with Crippen molar-refractivity contribution in [3.8, 4) is 0 Å². The van der Waals surface area contributed by atoms with Crippen LogP contribution in [-0.4, -0.2) is 40.9 Å². The van der Waals surface area contributed by atoms with Gasteiger partial charge >= 0.3 is 5.97 Å². The fraction of sp³-hybridized carbons (Fsp3) is 0.385. The molecule has 1 aliphatic heterocycles. The van der Waals surface area contributed by atoms with Crippen LogP contribution in [0.2, 0.25) is 0 Å². The van der Waals surface area contributed by atoms with Gasteiger partial charge in [-0.05, 0) is 62.9 Å². The molecule has 9 heteroatoms. The van der Waals surface area contributed by atoms with Gasteiger partial charge in [0.1, 0.15) is 11.4 Å². The minimum atomic E-state index is -0.773. The molecule has 4 rings (SSSR count). The summed E-state index contributed by atoms with van der Waals surface area (Å²) < 4.78 is 12.6. The Bertz CT molecular complexity index is 1240. The summed E-state index contributed by atoms with van der Waals surface area (Å²) in [5.41, 5.74) is 2.49. The van der Waals surface area contributed by atoms with Crippen molar-refractivity contribution >= 4 is 23.1 Å². The normalized spacial score (nSPS) is 14.2. The highest BCUT2D eigenvalue weighted by Gasteiger charge is 2.26. The van der Waals surface area contributed by atoms with Crippen molar-refractivity contribution in [3.63, 3.8) is 0 Å². The van der Waals surface area contributed by atoms with Crippen LogP contribution in [0.5, 0.6) is 0 Å². The Hall–Kier alpha value is -3.88. The Morgan fingerprint density at radius 2 is 1.91 bits per heavy atom. The van der Waals surface area contributed by atoms with Crippen LogP contribution in [0.15, 0.2) is 47.1 Å². The minimum Gasteiger partial charge on any atom is -0.467 e. The number of aromatic nitrogens is 1. The Labute approximate surface area is 203 Å². The molecule has 1 aliphatic rings. The minimum absolute atomic E-state index is 0.0434. The molecule has 1 fully saturated rings. The number of ether oxygens (including phenoxy) is 1. The first kappa shape index (κ1) is 24.3. The fourth-order valence-corrected chi connectivity index (χ4v) is 4.49. The Morgan fingerprint density at radius 3 is 2.57 bits per heavy atom. The lowest BCUT2D eigenvalue weighted by molar-refractivity contribution is -0.384. The van der Waals surface area contributed by atoms with Gasteiger partial charge in [-0.15, -0.1) is 0 Å². The van der Waals surface area contributed by atoms with Gasteiger partial charge in [-0.2, -0.15) is 0 Å². The van der Waals surface area contributed by atoms with Crippen molar-refractivity contribution in [2.75, 3.05) is 24.6 Å². The number of nitro groups is 1. The second-order valence-corrected chi connectivity index (χ2v) is 9.08. The molecule has 2 aromatic heterocycles. The van der Waals surface area contributed by atoms with E-state index in [1.807, 2.05) is 29.4 Å². The number of esters is 1. The number of Topliss-reactive ketones (excluding diaryl/α,β-unsaturated/α-hetero) is 1. The lowest BCUT2D eigenvalue weighted by Crippen LogP contribution is -2.33. The molecular formula is C26H29N3O6. The first-order valence-electron chi connectivity index (χ1n) is 11.7. The molecule has 0 spiro atoms. The van der Waals surface area contributed by atoms with E-state index >= 15 is 0 Å². The summed E-state index contributed by atoms with van der Waals surface area (Å²) >= 11 is 0. The van der Waals surface area contributed by atoms with Gasteiger partial charge in [-0.25, -0.2) is 4.79 Å². The zero-order valence-corrected chi connectivity index (χ0v) is 20.2. The van der Waals surface area contributed by atoms with Crippen molar-refractivity contribution in [1.82, 2.24) is 4.57 Å². The molecule has 0 bridgehead atoms. The van der Waals surface area contributed by atoms with Crippen LogP contribution >= 0.6 is 0 Å². The number of benzene rings is 1. The second kappa shape index (κ2) is 10.2. The molecule has 3 aromatic rings. The number of carbonyl (C=O) groups is 2. The number of hydrogen-bond acceptors (Lipinski definition) is 7. The van der Waals surface area contributed by atoms with Gasteiger partial charge in [0.25, 0.3) is 5.69 Å². The van der Waals surface area contributed by atoms with E-state index in [0.717, 1.165) is 43.1 Å². The van der Waals surface area contributed by atoms with Crippen molar-refractivity contribution in [2.45, 2.75) is 40.2 Å². The number of ketones is 1. The van der Waals surface area contributed by atoms with Crippen molar-refractivity contribution < 1.29 is 23.7 Å². The molecule has 0 atom stereocenters. The second-order valence-electron chi connectivity index (χ2n) is 9.08. The lowest BCUT2D eigenvalue weighted by Gasteiger charge is -2.31. The first-order valence-corrected chi connectivity index (χ1v) is 11.7. The number of anilines is 1. The maximum Gasteiger partial charge on any atom is 0.338 e. The highest BCUT2D eigenvalue weighted by atomic mass is 16.6. The first-order chi connectivity index (χ1) is 16.7. The highest BCUT2D eigenvalue weighted by Crippen LogP contribution is 2.32. The maximum absolute atomic E-state index is 12.8. The van der Waals surface area contributed by atoms with E-state index in [0.29, 0.717) is 23.7 Å². The summed E-state index contributed by atoms with van der Waals surface area (Å²) in [6.45, 7) is 7.39. The number of nitro benzene ring substituents is 1. The smallest absolute Gasteiger partial charge is 0.338 e. The van der Waals surface area contributed by atoms with Crippen LogP contribution in [0.25, 0.3) is 0 Å². The van der Waals surface area contributed by atoms with Gasteiger partial charge in [-0.1, -0.05) is 6.92 Å². The number of furan rings is 1. The predicted octanol–water partition coefficient (Wildman–Crippen LogP) is 4.93. The fourth-order valence-electron chi connectivity index (χ4n) is 4.49. The average Bonchev–Trinajstić information content (AvgIpc) is 3.46. The van der Waals surface area contributed by atoms with E-state index in [1.165, 1.54) is 12.1 Å². The van der Waals surface area contributed by atoms with Crippen LogP contribution < -0.4 is 4.90 Å². The number of hydrogen-bond donors (Lipinski definition) is 0. The van der Waals surface area contributed by atoms with E-state index in [2.05, 4.69) is 6.92 Å². The van der Waals surface area contributed by atoms with Gasteiger partial charge in [0, 0.05) is 36.1 Å². The molecule has 184 valence electrons. The molecule has 1 saturated heterocycles. The summed E-state index contributed by atoms with van der Waals surface area (Å²) in [7, 11) is 0. The monoisotopic (exact) mass is 479 g/mol. The molecule has 0 unspecified atom stereocenters. The molecule has 0 radical (unpaired) electrons. The van der Waals surface area contributed by atoms with Gasteiger partial charge < -0.3 is 18.6 Å². The van der Waals surface area contributed by atoms with Crippen molar-refractivity contribution in [2.24, 2.45) is 5.92 Å². The molecule has 1 aromatic carbocycles. The van der Waals surface area contributed by atoms with Crippen LogP contribution in [0.4, 0.5) is 11.4 Å². The molecule has 0 N–H and O–H groups in total. The highest BCUT2D eigenvalue weighted by molar-refractivity contribution is 6.00. The average molecular weight is 480 g/mol. The van der Waals surface area contributed by atoms with Crippen LogP contribution in [0.3, 0.4) is 0 Å². The zero-order chi connectivity index (χ0) is 25.1. The Balaban J connectivity index is 1.44. The molecular weight excluding hydrogens is 450 g/mol. The standard InChI is InChI=1S/C26H29N3O6/c1-17-8-10-27(11-9-17)23-7-6-20(14-24(23)29(32)33)26(31)35-16-25(30)22-13-18(2)28(19(22)3)15-21-5-4-12-34-21/h4-7,12-14,17H,8-11,15-16H2,1-3H3. The summed E-state index contributed by atoms with van der Waals surface area (Å²) in [5, 5.41) is 11.7. The van der Waals surface area contributed by atoms with Gasteiger partial charge in [-0.3, -0.25) is 14.9 Å². The Kier molecular flexibility index (Phi) is 7.04. The van der Waals surface area contributed by atoms with Crippen LogP contribution in [0.1, 0.15) is 57.6 Å². The third-order valence-electron chi connectivity index (χ3n) is 6.63. The summed E-state index contributed by atoms with van der Waals surface area (Å²) in [4.78, 5) is 38.6. The quantitative estimate of drug-likeness (QED) is 0.195.